The summed E-state index contributed by atoms with van der Waals surface area (Å²) in [7, 11) is 2.10. The van der Waals surface area contributed by atoms with Gasteiger partial charge in [-0.2, -0.15) is 0 Å². The molecule has 0 aliphatic rings. The minimum atomic E-state index is 1.05. The van der Waals surface area contributed by atoms with Gasteiger partial charge in [0.1, 0.15) is 5.65 Å². The smallest absolute Gasteiger partial charge is 0.141 e. The number of hydrogen-bond acceptors (Lipinski definition) is 1. The average Bonchev–Trinajstić information content (AvgIpc) is 2.81. The van der Waals surface area contributed by atoms with E-state index < -0.39 is 0 Å². The third-order valence-electron chi connectivity index (χ3n) is 4.08. The third-order valence-corrected chi connectivity index (χ3v) is 4.08. The van der Waals surface area contributed by atoms with Crippen LogP contribution in [0.2, 0.25) is 0 Å². The summed E-state index contributed by atoms with van der Waals surface area (Å²) in [5.41, 5.74) is 5.84. The molecule has 0 unspecified atom stereocenters. The molecule has 0 amide bonds. The molecule has 2 aromatic heterocycles. The van der Waals surface area contributed by atoms with E-state index in [-0.39, 0.29) is 0 Å². The lowest BCUT2D eigenvalue weighted by Crippen LogP contribution is -1.92. The zero-order valence-corrected chi connectivity index (χ0v) is 12.2. The lowest BCUT2D eigenvalue weighted by atomic mass is 10.0. The first kappa shape index (κ1) is 12.2. The molecule has 102 valence electrons. The number of nitrogens with zero attached hydrogens (tertiary/aromatic N) is 2. The largest absolute Gasteiger partial charge is 0.328 e. The predicted octanol–water partition coefficient (Wildman–Crippen LogP) is 4.70. The molecular formula is C19H16N2. The maximum atomic E-state index is 4.71. The summed E-state index contributed by atoms with van der Waals surface area (Å²) >= 11 is 0. The van der Waals surface area contributed by atoms with Gasteiger partial charge in [-0.1, -0.05) is 48.5 Å². The van der Waals surface area contributed by atoms with E-state index in [0.717, 1.165) is 11.3 Å². The number of fused-ring (bicyclic) bond motifs is 3. The van der Waals surface area contributed by atoms with Gasteiger partial charge in [0, 0.05) is 29.1 Å². The van der Waals surface area contributed by atoms with Crippen LogP contribution in [0.4, 0.5) is 0 Å². The second-order valence-electron chi connectivity index (χ2n) is 5.45. The molecule has 0 fully saturated rings. The number of para-hydroxylation sites is 1. The van der Waals surface area contributed by atoms with Crippen molar-refractivity contribution < 1.29 is 0 Å². The van der Waals surface area contributed by atoms with E-state index in [1.54, 1.807) is 0 Å². The first-order valence-electron chi connectivity index (χ1n) is 7.16. The lowest BCUT2D eigenvalue weighted by Gasteiger charge is -2.06. The minimum absolute atomic E-state index is 1.05. The summed E-state index contributed by atoms with van der Waals surface area (Å²) in [6, 6.07) is 21.3. The Morgan fingerprint density at radius 3 is 2.43 bits per heavy atom. The van der Waals surface area contributed by atoms with E-state index in [2.05, 4.69) is 72.3 Å². The molecule has 0 saturated heterocycles. The highest BCUT2D eigenvalue weighted by atomic mass is 15.0. The maximum absolute atomic E-state index is 4.71. The standard InChI is InChI=1S/C19H16N2/c1-13-11-12-17-16-10-6-9-15(14-7-4-3-5-8-14)18(16)21(2)19(17)20-13/h3-12H,1-2H3. The van der Waals surface area contributed by atoms with Gasteiger partial charge in [0.15, 0.2) is 0 Å². The zero-order valence-electron chi connectivity index (χ0n) is 12.2. The van der Waals surface area contributed by atoms with Gasteiger partial charge in [-0.3, -0.25) is 0 Å². The van der Waals surface area contributed by atoms with Crippen molar-refractivity contribution in [2.75, 3.05) is 0 Å². The van der Waals surface area contributed by atoms with Crippen LogP contribution >= 0.6 is 0 Å². The molecule has 2 aromatic carbocycles. The number of aryl methyl sites for hydroxylation is 2. The van der Waals surface area contributed by atoms with E-state index in [9.17, 15) is 0 Å². The van der Waals surface area contributed by atoms with E-state index in [0.29, 0.717) is 0 Å². The highest BCUT2D eigenvalue weighted by Crippen LogP contribution is 2.34. The van der Waals surface area contributed by atoms with Crippen LogP contribution in [0.1, 0.15) is 5.69 Å². The maximum Gasteiger partial charge on any atom is 0.141 e. The van der Waals surface area contributed by atoms with Crippen molar-refractivity contribution in [2.45, 2.75) is 6.92 Å². The summed E-state index contributed by atoms with van der Waals surface area (Å²) in [5, 5.41) is 2.48. The fraction of sp³-hybridized carbons (Fsp3) is 0.105. The number of pyridine rings is 1. The highest BCUT2D eigenvalue weighted by Gasteiger charge is 2.13. The van der Waals surface area contributed by atoms with Gasteiger partial charge >= 0.3 is 0 Å². The Labute approximate surface area is 123 Å². The molecule has 0 aliphatic heterocycles. The zero-order chi connectivity index (χ0) is 14.4. The molecule has 21 heavy (non-hydrogen) atoms. The van der Waals surface area contributed by atoms with Gasteiger partial charge < -0.3 is 4.57 Å². The second-order valence-corrected chi connectivity index (χ2v) is 5.45. The van der Waals surface area contributed by atoms with Gasteiger partial charge in [0.05, 0.1) is 5.52 Å². The molecule has 0 saturated carbocycles. The summed E-state index contributed by atoms with van der Waals surface area (Å²) in [4.78, 5) is 4.71. The Bertz CT molecular complexity index is 950. The Balaban J connectivity index is 2.17. The summed E-state index contributed by atoms with van der Waals surface area (Å²) < 4.78 is 2.21. The molecule has 2 nitrogen and oxygen atoms in total. The molecule has 4 rings (SSSR count). The van der Waals surface area contributed by atoms with Crippen molar-refractivity contribution in [1.82, 2.24) is 9.55 Å². The fourth-order valence-corrected chi connectivity index (χ4v) is 3.09. The number of benzene rings is 2. The van der Waals surface area contributed by atoms with Crippen LogP contribution in [0.5, 0.6) is 0 Å². The summed E-state index contributed by atoms with van der Waals surface area (Å²) in [6.07, 6.45) is 0. The first-order chi connectivity index (χ1) is 10.3. The third kappa shape index (κ3) is 1.76. The van der Waals surface area contributed by atoms with Crippen molar-refractivity contribution >= 4 is 21.9 Å². The summed E-state index contributed by atoms with van der Waals surface area (Å²) in [5.74, 6) is 0. The van der Waals surface area contributed by atoms with Gasteiger partial charge in [-0.25, -0.2) is 4.98 Å². The molecule has 0 bridgehead atoms. The van der Waals surface area contributed by atoms with E-state index in [4.69, 9.17) is 4.98 Å². The highest BCUT2D eigenvalue weighted by molar-refractivity contribution is 6.11. The number of hydrogen-bond donors (Lipinski definition) is 0. The minimum Gasteiger partial charge on any atom is -0.328 e. The van der Waals surface area contributed by atoms with Crippen LogP contribution in [0.15, 0.2) is 60.7 Å². The van der Waals surface area contributed by atoms with Gasteiger partial charge in [0.2, 0.25) is 0 Å². The Kier molecular flexibility index (Phi) is 2.58. The predicted molar refractivity (Wildman–Crippen MR) is 88.4 cm³/mol. The molecule has 2 heterocycles. The normalized spacial score (nSPS) is 11.3. The SMILES string of the molecule is Cc1ccc2c3cccc(-c4ccccc4)c3n(C)c2n1. The van der Waals surface area contributed by atoms with E-state index >= 15 is 0 Å². The summed E-state index contributed by atoms with van der Waals surface area (Å²) in [6.45, 7) is 2.04. The molecule has 0 N–H and O–H groups in total. The quantitative estimate of drug-likeness (QED) is 0.491. The molecular weight excluding hydrogens is 256 g/mol. The van der Waals surface area contributed by atoms with Crippen LogP contribution < -0.4 is 0 Å². The lowest BCUT2D eigenvalue weighted by molar-refractivity contribution is 0.983. The molecule has 0 radical (unpaired) electrons. The van der Waals surface area contributed by atoms with Gasteiger partial charge in [-0.05, 0) is 24.6 Å². The Hall–Kier alpha value is -2.61. The molecule has 2 heteroatoms. The first-order valence-corrected chi connectivity index (χ1v) is 7.16. The molecule has 0 spiro atoms. The van der Waals surface area contributed by atoms with Crippen LogP contribution in [0, 0.1) is 6.92 Å². The van der Waals surface area contributed by atoms with Crippen LogP contribution in [-0.4, -0.2) is 9.55 Å². The van der Waals surface area contributed by atoms with E-state index in [1.807, 2.05) is 6.92 Å². The van der Waals surface area contributed by atoms with Crippen molar-refractivity contribution in [2.24, 2.45) is 7.05 Å². The van der Waals surface area contributed by atoms with Crippen molar-refractivity contribution in [3.8, 4) is 11.1 Å². The van der Waals surface area contributed by atoms with Crippen LogP contribution in [-0.2, 0) is 7.05 Å². The van der Waals surface area contributed by atoms with Crippen molar-refractivity contribution in [1.29, 1.82) is 0 Å². The van der Waals surface area contributed by atoms with Gasteiger partial charge in [-0.15, -0.1) is 0 Å². The molecule has 4 aromatic rings. The number of aromatic nitrogens is 2. The van der Waals surface area contributed by atoms with Gasteiger partial charge in [0.25, 0.3) is 0 Å². The van der Waals surface area contributed by atoms with E-state index in [1.165, 1.54) is 27.4 Å². The van der Waals surface area contributed by atoms with Crippen LogP contribution in [0.25, 0.3) is 33.1 Å². The monoisotopic (exact) mass is 272 g/mol. The van der Waals surface area contributed by atoms with Crippen molar-refractivity contribution in [3.05, 3.63) is 66.4 Å². The molecule has 0 aliphatic carbocycles. The second kappa shape index (κ2) is 4.45. The topological polar surface area (TPSA) is 17.8 Å². The molecule has 0 atom stereocenters. The van der Waals surface area contributed by atoms with Crippen LogP contribution in [0.3, 0.4) is 0 Å². The fourth-order valence-electron chi connectivity index (χ4n) is 3.09. The Morgan fingerprint density at radius 1 is 0.810 bits per heavy atom. The average molecular weight is 272 g/mol. The number of rotatable bonds is 1. The Morgan fingerprint density at radius 2 is 1.62 bits per heavy atom. The van der Waals surface area contributed by atoms with Crippen molar-refractivity contribution in [3.63, 3.8) is 0 Å².